The summed E-state index contributed by atoms with van der Waals surface area (Å²) in [6, 6.07) is 7.06. The number of fused-ring (bicyclic) bond motifs is 1. The van der Waals surface area contributed by atoms with Gasteiger partial charge in [-0.05, 0) is 36.2 Å². The molecular weight excluding hydrogens is 462 g/mol. The molecule has 0 bridgehead atoms. The van der Waals surface area contributed by atoms with Crippen LogP contribution in [0.3, 0.4) is 0 Å². The molecule has 36 heavy (non-hydrogen) atoms. The zero-order valence-electron chi connectivity index (χ0n) is 21.2. The van der Waals surface area contributed by atoms with E-state index in [0.717, 1.165) is 16.5 Å². The number of morpholine rings is 1. The number of nitrogens with one attached hydrogen (secondary N) is 1. The molecule has 0 unspecified atom stereocenters. The number of aromatic nitrogens is 2. The summed E-state index contributed by atoms with van der Waals surface area (Å²) in [6.45, 7) is 2.63. The molecule has 0 spiro atoms. The quantitative estimate of drug-likeness (QED) is 0.565. The Morgan fingerprint density at radius 1 is 1.22 bits per heavy atom. The van der Waals surface area contributed by atoms with Crippen molar-refractivity contribution in [3.05, 3.63) is 53.3 Å². The smallest absolute Gasteiger partial charge is 0.255 e. The summed E-state index contributed by atoms with van der Waals surface area (Å²) in [6.07, 6.45) is 4.05. The normalized spacial score (nSPS) is 15.6. The number of hydrogen-bond donors (Lipinski definition) is 1. The van der Waals surface area contributed by atoms with E-state index in [2.05, 4.69) is 10.3 Å². The number of pyridine rings is 1. The first kappa shape index (κ1) is 25.2. The predicted molar refractivity (Wildman–Crippen MR) is 135 cm³/mol. The lowest BCUT2D eigenvalue weighted by atomic mass is 10.0. The molecule has 190 valence electrons. The third-order valence-electron chi connectivity index (χ3n) is 6.27. The maximum absolute atomic E-state index is 13.5. The Kier molecular flexibility index (Phi) is 7.25. The highest BCUT2D eigenvalue weighted by atomic mass is 16.5. The van der Waals surface area contributed by atoms with Crippen molar-refractivity contribution in [2.75, 3.05) is 46.3 Å². The summed E-state index contributed by atoms with van der Waals surface area (Å²) in [5.41, 5.74) is 3.34. The van der Waals surface area contributed by atoms with Gasteiger partial charge in [0.05, 0.1) is 31.9 Å². The molecule has 1 atom stereocenters. The highest BCUT2D eigenvalue weighted by molar-refractivity contribution is 5.99. The van der Waals surface area contributed by atoms with Crippen LogP contribution in [0.5, 0.6) is 5.88 Å². The SMILES string of the molecule is COc1ncc(C(=O)N2CCOC[C@@H]2Cc2cn(C)c3ccc(C(=O)N(C)C)cc23)cc1NC(C)=O. The second kappa shape index (κ2) is 10.4. The first-order valence-electron chi connectivity index (χ1n) is 11.7. The van der Waals surface area contributed by atoms with Crippen molar-refractivity contribution in [3.63, 3.8) is 0 Å². The zero-order valence-corrected chi connectivity index (χ0v) is 21.2. The summed E-state index contributed by atoms with van der Waals surface area (Å²) in [5, 5.41) is 3.64. The lowest BCUT2D eigenvalue weighted by Gasteiger charge is -2.35. The summed E-state index contributed by atoms with van der Waals surface area (Å²) < 4.78 is 13.0. The molecule has 1 aromatic carbocycles. The van der Waals surface area contributed by atoms with Gasteiger partial charge in [-0.3, -0.25) is 14.4 Å². The first-order chi connectivity index (χ1) is 17.2. The predicted octanol–water partition coefficient (Wildman–Crippen LogP) is 2.33. The second-order valence-corrected chi connectivity index (χ2v) is 9.09. The molecular formula is C26H31N5O5. The zero-order chi connectivity index (χ0) is 26.0. The number of nitrogens with zero attached hydrogens (tertiary/aromatic N) is 4. The van der Waals surface area contributed by atoms with Gasteiger partial charge < -0.3 is 29.2 Å². The number of hydrogen-bond acceptors (Lipinski definition) is 6. The average molecular weight is 494 g/mol. The minimum absolute atomic E-state index is 0.0634. The van der Waals surface area contributed by atoms with Crippen LogP contribution in [0, 0.1) is 0 Å². The Labute approximate surface area is 209 Å². The molecule has 0 radical (unpaired) electrons. The van der Waals surface area contributed by atoms with Gasteiger partial charge in [0.2, 0.25) is 11.8 Å². The molecule has 1 N–H and O–H groups in total. The number of aryl methyl sites for hydroxylation is 1. The van der Waals surface area contributed by atoms with E-state index in [9.17, 15) is 14.4 Å². The molecule has 1 aliphatic rings. The van der Waals surface area contributed by atoms with Crippen molar-refractivity contribution >= 4 is 34.3 Å². The number of carbonyl (C=O) groups is 3. The van der Waals surface area contributed by atoms with Crippen LogP contribution in [0.15, 0.2) is 36.7 Å². The van der Waals surface area contributed by atoms with E-state index >= 15 is 0 Å². The van der Waals surface area contributed by atoms with E-state index in [1.807, 2.05) is 36.0 Å². The van der Waals surface area contributed by atoms with Gasteiger partial charge in [-0.15, -0.1) is 0 Å². The van der Waals surface area contributed by atoms with Crippen LogP contribution in [-0.4, -0.2) is 84.1 Å². The highest BCUT2D eigenvalue weighted by Gasteiger charge is 2.30. The minimum Gasteiger partial charge on any atom is -0.480 e. The average Bonchev–Trinajstić information content (AvgIpc) is 3.17. The van der Waals surface area contributed by atoms with Gasteiger partial charge in [0.1, 0.15) is 5.69 Å². The Balaban J connectivity index is 1.64. The maximum atomic E-state index is 13.5. The molecule has 10 heteroatoms. The molecule has 1 fully saturated rings. The maximum Gasteiger partial charge on any atom is 0.255 e. The van der Waals surface area contributed by atoms with E-state index in [0.29, 0.717) is 43.0 Å². The number of benzene rings is 1. The standard InChI is InChI=1S/C26H31N5O5/c1-16(32)28-22-12-18(13-27-24(22)35-5)26(34)31-8-9-36-15-20(31)10-19-14-30(4)23-7-6-17(11-21(19)23)25(33)29(2)3/h6-7,11-14,20H,8-10,15H2,1-5H3,(H,28,32)/t20-/m0/s1. The van der Waals surface area contributed by atoms with Crippen LogP contribution < -0.4 is 10.1 Å². The summed E-state index contributed by atoms with van der Waals surface area (Å²) in [5.74, 6) is -0.314. The summed E-state index contributed by atoms with van der Waals surface area (Å²) >= 11 is 0. The van der Waals surface area contributed by atoms with Crippen LogP contribution in [-0.2, 0) is 23.0 Å². The molecule has 10 nitrogen and oxygen atoms in total. The minimum atomic E-state index is -0.285. The van der Waals surface area contributed by atoms with E-state index in [1.54, 1.807) is 30.0 Å². The van der Waals surface area contributed by atoms with Crippen molar-refractivity contribution in [2.24, 2.45) is 7.05 Å². The van der Waals surface area contributed by atoms with Crippen molar-refractivity contribution in [2.45, 2.75) is 19.4 Å². The molecule has 1 aliphatic heterocycles. The van der Waals surface area contributed by atoms with Gasteiger partial charge in [-0.25, -0.2) is 4.98 Å². The second-order valence-electron chi connectivity index (χ2n) is 9.09. The fraction of sp³-hybridized carbons (Fsp3) is 0.385. The van der Waals surface area contributed by atoms with Crippen LogP contribution >= 0.6 is 0 Å². The van der Waals surface area contributed by atoms with E-state index < -0.39 is 0 Å². The molecule has 3 aromatic rings. The topological polar surface area (TPSA) is 106 Å². The Bertz CT molecular complexity index is 1320. The van der Waals surface area contributed by atoms with Gasteiger partial charge >= 0.3 is 0 Å². The molecule has 0 saturated carbocycles. The van der Waals surface area contributed by atoms with Crippen molar-refractivity contribution in [1.29, 1.82) is 0 Å². The number of methoxy groups -OCH3 is 1. The summed E-state index contributed by atoms with van der Waals surface area (Å²) in [4.78, 5) is 45.2. The number of anilines is 1. The lowest BCUT2D eigenvalue weighted by Crippen LogP contribution is -2.49. The number of amides is 3. The van der Waals surface area contributed by atoms with Gasteiger partial charge in [0.25, 0.3) is 11.8 Å². The number of rotatable bonds is 6. The molecule has 4 rings (SSSR count). The van der Waals surface area contributed by atoms with Gasteiger partial charge in [0, 0.05) is 63.5 Å². The highest BCUT2D eigenvalue weighted by Crippen LogP contribution is 2.27. The van der Waals surface area contributed by atoms with Crippen molar-refractivity contribution < 1.29 is 23.9 Å². The van der Waals surface area contributed by atoms with Gasteiger partial charge in [-0.1, -0.05) is 0 Å². The van der Waals surface area contributed by atoms with Crippen molar-refractivity contribution in [3.8, 4) is 5.88 Å². The number of carbonyl (C=O) groups excluding carboxylic acids is 3. The van der Waals surface area contributed by atoms with Crippen LogP contribution in [0.1, 0.15) is 33.2 Å². The largest absolute Gasteiger partial charge is 0.480 e. The first-order valence-corrected chi connectivity index (χ1v) is 11.7. The lowest BCUT2D eigenvalue weighted by molar-refractivity contribution is -0.114. The Hall–Kier alpha value is -3.92. The van der Waals surface area contributed by atoms with Gasteiger partial charge in [-0.2, -0.15) is 0 Å². The van der Waals surface area contributed by atoms with E-state index in [-0.39, 0.29) is 29.6 Å². The molecule has 1 saturated heterocycles. The third-order valence-corrected chi connectivity index (χ3v) is 6.27. The molecule has 3 amide bonds. The monoisotopic (exact) mass is 493 g/mol. The Morgan fingerprint density at radius 3 is 2.69 bits per heavy atom. The molecule has 3 heterocycles. The van der Waals surface area contributed by atoms with E-state index in [4.69, 9.17) is 9.47 Å². The fourth-order valence-electron chi connectivity index (χ4n) is 4.55. The van der Waals surface area contributed by atoms with Crippen LogP contribution in [0.25, 0.3) is 10.9 Å². The molecule has 0 aliphatic carbocycles. The third kappa shape index (κ3) is 5.03. The molecule has 2 aromatic heterocycles. The van der Waals surface area contributed by atoms with Crippen LogP contribution in [0.4, 0.5) is 5.69 Å². The summed E-state index contributed by atoms with van der Waals surface area (Å²) in [7, 11) is 6.88. The van der Waals surface area contributed by atoms with Gasteiger partial charge in [0.15, 0.2) is 0 Å². The fourth-order valence-corrected chi connectivity index (χ4v) is 4.55. The van der Waals surface area contributed by atoms with E-state index in [1.165, 1.54) is 20.2 Å². The Morgan fingerprint density at radius 2 is 2.00 bits per heavy atom. The van der Waals surface area contributed by atoms with Crippen LogP contribution in [0.2, 0.25) is 0 Å². The van der Waals surface area contributed by atoms with Crippen molar-refractivity contribution in [1.82, 2.24) is 19.4 Å². The number of ether oxygens (including phenoxy) is 2.